The van der Waals surface area contributed by atoms with Crippen molar-refractivity contribution in [2.45, 2.75) is 0 Å². The van der Waals surface area contributed by atoms with Gasteiger partial charge in [-0.25, -0.2) is 0 Å². The summed E-state index contributed by atoms with van der Waals surface area (Å²) in [5, 5.41) is 28.3. The second-order valence-corrected chi connectivity index (χ2v) is 0.324. The Kier molecular flexibility index (Phi) is 36.3. The SMILES string of the molecule is N#CC#N.N#CO. The van der Waals surface area contributed by atoms with E-state index in [1.165, 1.54) is 12.1 Å². The van der Waals surface area contributed by atoms with Crippen LogP contribution in [0.5, 0.6) is 0 Å². The highest BCUT2D eigenvalue weighted by Gasteiger charge is 1.39. The number of hydrogen-bond donors (Lipinski definition) is 1. The van der Waals surface area contributed by atoms with Gasteiger partial charge in [0.2, 0.25) is 0 Å². The molecule has 0 aliphatic carbocycles. The van der Waals surface area contributed by atoms with Crippen molar-refractivity contribution in [3.8, 4) is 18.4 Å². The molecule has 0 aromatic heterocycles. The topological polar surface area (TPSA) is 91.6 Å². The Morgan fingerprint density at radius 3 is 1.14 bits per heavy atom. The maximum atomic E-state index is 7.26. The van der Waals surface area contributed by atoms with Crippen LogP contribution in [0, 0.1) is 34.2 Å². The van der Waals surface area contributed by atoms with Gasteiger partial charge < -0.3 is 5.11 Å². The first kappa shape index (κ1) is 8.99. The Hall–Kier alpha value is -1.73. The van der Waals surface area contributed by atoms with E-state index in [0.29, 0.717) is 0 Å². The zero-order valence-corrected chi connectivity index (χ0v) is 3.29. The van der Waals surface area contributed by atoms with Crippen molar-refractivity contribution >= 4 is 0 Å². The van der Waals surface area contributed by atoms with Gasteiger partial charge in [-0.1, -0.05) is 0 Å². The lowest BCUT2D eigenvalue weighted by Gasteiger charge is -1.25. The third-order valence-corrected chi connectivity index (χ3v) is 0.0500. The second-order valence-electron chi connectivity index (χ2n) is 0.324. The molecule has 0 fully saturated rings. The van der Waals surface area contributed by atoms with Crippen LogP contribution in [0.25, 0.3) is 0 Å². The van der Waals surface area contributed by atoms with Crippen molar-refractivity contribution in [1.29, 1.82) is 15.8 Å². The summed E-state index contributed by atoms with van der Waals surface area (Å²) in [6, 6.07) is 2.47. The third-order valence-electron chi connectivity index (χ3n) is 0.0500. The molecule has 1 N–H and O–H groups in total. The predicted octanol–water partition coefficient (Wildman–Crippen LogP) is -0.126. The highest BCUT2D eigenvalue weighted by molar-refractivity contribution is 4.99. The van der Waals surface area contributed by atoms with E-state index >= 15 is 0 Å². The van der Waals surface area contributed by atoms with Crippen LogP contribution in [0.1, 0.15) is 0 Å². The fourth-order valence-corrected chi connectivity index (χ4v) is 0. The molecule has 4 nitrogen and oxygen atoms in total. The molecule has 0 unspecified atom stereocenters. The van der Waals surface area contributed by atoms with Gasteiger partial charge in [0.1, 0.15) is 0 Å². The van der Waals surface area contributed by atoms with Gasteiger partial charge in [-0.15, -0.1) is 0 Å². The zero-order valence-electron chi connectivity index (χ0n) is 3.29. The van der Waals surface area contributed by atoms with Crippen LogP contribution in [0.15, 0.2) is 0 Å². The van der Waals surface area contributed by atoms with Gasteiger partial charge in [0.25, 0.3) is 6.26 Å². The maximum absolute atomic E-state index is 7.26. The molecule has 4 heteroatoms. The molecule has 0 saturated heterocycles. The minimum absolute atomic E-state index is 0.750. The molecule has 7 heavy (non-hydrogen) atoms. The first-order valence-electron chi connectivity index (χ1n) is 1.14. The fourth-order valence-electron chi connectivity index (χ4n) is 0. The van der Waals surface area contributed by atoms with E-state index in [1.807, 2.05) is 0 Å². The molecule has 0 saturated carbocycles. The molecule has 0 aromatic carbocycles. The molecule has 0 heterocycles. The molecule has 0 radical (unpaired) electrons. The fraction of sp³-hybridized carbons (Fsp3) is 0. The van der Waals surface area contributed by atoms with Crippen LogP contribution in [0.3, 0.4) is 0 Å². The second kappa shape index (κ2) is 28.3. The smallest absolute Gasteiger partial charge is 0.283 e. The summed E-state index contributed by atoms with van der Waals surface area (Å²) in [4.78, 5) is 0. The van der Waals surface area contributed by atoms with E-state index in [0.717, 1.165) is 6.26 Å². The first-order chi connectivity index (χ1) is 3.33. The number of aliphatic hydroxyl groups excluding tert-OH is 1. The summed E-state index contributed by atoms with van der Waals surface area (Å²) in [5.74, 6) is 0. The Morgan fingerprint density at radius 1 is 1.00 bits per heavy atom. The van der Waals surface area contributed by atoms with Crippen LogP contribution in [-0.4, -0.2) is 5.11 Å². The molecule has 0 bridgehead atoms. The van der Waals surface area contributed by atoms with Crippen molar-refractivity contribution < 1.29 is 5.11 Å². The summed E-state index contributed by atoms with van der Waals surface area (Å²) in [5.41, 5.74) is 0. The molecular formula is C3HN3O. The van der Waals surface area contributed by atoms with Gasteiger partial charge in [-0.3, -0.25) is 0 Å². The van der Waals surface area contributed by atoms with Crippen LogP contribution < -0.4 is 0 Å². The Morgan fingerprint density at radius 2 is 1.14 bits per heavy atom. The van der Waals surface area contributed by atoms with Gasteiger partial charge in [0.05, 0.1) is 0 Å². The van der Waals surface area contributed by atoms with E-state index in [9.17, 15) is 0 Å². The minimum atomic E-state index is 0.750. The van der Waals surface area contributed by atoms with Crippen molar-refractivity contribution in [3.63, 3.8) is 0 Å². The van der Waals surface area contributed by atoms with Gasteiger partial charge in [0, 0.05) is 0 Å². The molecule has 0 aliphatic heterocycles. The van der Waals surface area contributed by atoms with Gasteiger partial charge >= 0.3 is 0 Å². The monoisotopic (exact) mass is 95.0 g/mol. The van der Waals surface area contributed by atoms with Crippen molar-refractivity contribution in [3.05, 3.63) is 0 Å². The lowest BCUT2D eigenvalue weighted by Crippen LogP contribution is -1.27. The highest BCUT2D eigenvalue weighted by atomic mass is 16.2. The molecule has 0 aromatic rings. The molecule has 0 atom stereocenters. The molecule has 0 spiro atoms. The van der Waals surface area contributed by atoms with Crippen LogP contribution in [0.2, 0.25) is 0 Å². The maximum Gasteiger partial charge on any atom is 0.283 e. The van der Waals surface area contributed by atoms with Crippen LogP contribution >= 0.6 is 0 Å². The lowest BCUT2D eigenvalue weighted by atomic mass is 10.9. The molecule has 0 aliphatic rings. The average Bonchev–Trinajstić information content (AvgIpc) is 1.69. The molecule has 0 amide bonds. The number of nitrogens with zero attached hydrogens (tertiary/aromatic N) is 3. The van der Waals surface area contributed by atoms with E-state index < -0.39 is 0 Å². The van der Waals surface area contributed by atoms with Gasteiger partial charge in [-0.05, 0) is 0 Å². The molecule has 0 rings (SSSR count). The Labute approximate surface area is 40.4 Å². The number of aliphatic hydroxyl groups is 1. The lowest BCUT2D eigenvalue weighted by molar-refractivity contribution is 0.503. The minimum Gasteiger partial charge on any atom is -0.443 e. The summed E-state index contributed by atoms with van der Waals surface area (Å²) in [6.45, 7) is 0. The normalized spacial score (nSPS) is 2.43. The first-order valence-corrected chi connectivity index (χ1v) is 1.14. The quantitative estimate of drug-likeness (QED) is 0.424. The number of nitriles is 3. The predicted molar refractivity (Wildman–Crippen MR) is 18.8 cm³/mol. The van der Waals surface area contributed by atoms with Crippen molar-refractivity contribution in [2.75, 3.05) is 0 Å². The van der Waals surface area contributed by atoms with Crippen LogP contribution in [-0.2, 0) is 0 Å². The Balaban J connectivity index is 0. The van der Waals surface area contributed by atoms with E-state index in [2.05, 4.69) is 0 Å². The van der Waals surface area contributed by atoms with Crippen molar-refractivity contribution in [1.82, 2.24) is 0 Å². The zero-order chi connectivity index (χ0) is 6.12. The summed E-state index contributed by atoms with van der Waals surface area (Å²) >= 11 is 0. The third kappa shape index (κ3) is 41.3. The molecule has 34 valence electrons. The molecular weight excluding hydrogens is 94.1 g/mol. The highest BCUT2D eigenvalue weighted by Crippen LogP contribution is 1.27. The van der Waals surface area contributed by atoms with Crippen LogP contribution in [0.4, 0.5) is 0 Å². The van der Waals surface area contributed by atoms with E-state index in [-0.39, 0.29) is 0 Å². The summed E-state index contributed by atoms with van der Waals surface area (Å²) in [7, 11) is 0. The van der Waals surface area contributed by atoms with E-state index in [4.69, 9.17) is 20.9 Å². The number of rotatable bonds is 0. The average molecular weight is 95.1 g/mol. The standard InChI is InChI=1S/C2N2.CHNO/c3-1-2-4;2-1-3/h;3H. The van der Waals surface area contributed by atoms with Gasteiger partial charge in [0.15, 0.2) is 12.1 Å². The summed E-state index contributed by atoms with van der Waals surface area (Å²) < 4.78 is 0. The number of hydrogen-bond acceptors (Lipinski definition) is 4. The Bertz CT molecular complexity index is 120. The van der Waals surface area contributed by atoms with Gasteiger partial charge in [-0.2, -0.15) is 15.8 Å². The largest absolute Gasteiger partial charge is 0.443 e. The van der Waals surface area contributed by atoms with Crippen molar-refractivity contribution in [2.24, 2.45) is 0 Å². The summed E-state index contributed by atoms with van der Waals surface area (Å²) in [6.07, 6.45) is 0.750. The van der Waals surface area contributed by atoms with E-state index in [1.54, 1.807) is 0 Å².